The van der Waals surface area contributed by atoms with Crippen LogP contribution in [-0.2, 0) is 11.8 Å². The predicted molar refractivity (Wildman–Crippen MR) is 114 cm³/mol. The van der Waals surface area contributed by atoms with Crippen LogP contribution in [-0.4, -0.2) is 51.1 Å². The quantitative estimate of drug-likeness (QED) is 0.523. The SMILES string of the molecule is COc1cc(-c2cnn(C)c2)ccc1-c1nc(N)nc2c(NC3COC3)nccc12. The van der Waals surface area contributed by atoms with Crippen LogP contribution in [0, 0.1) is 0 Å². The summed E-state index contributed by atoms with van der Waals surface area (Å²) in [5.41, 5.74) is 10.3. The molecule has 30 heavy (non-hydrogen) atoms. The molecule has 9 nitrogen and oxygen atoms in total. The van der Waals surface area contributed by atoms with E-state index in [-0.39, 0.29) is 12.0 Å². The molecule has 3 N–H and O–H groups in total. The normalized spacial score (nSPS) is 13.9. The fourth-order valence-corrected chi connectivity index (χ4v) is 3.53. The minimum atomic E-state index is 0.178. The van der Waals surface area contributed by atoms with Crippen LogP contribution in [0.4, 0.5) is 11.8 Å². The second-order valence-corrected chi connectivity index (χ2v) is 7.18. The Hall–Kier alpha value is -3.72. The first kappa shape index (κ1) is 18.3. The highest BCUT2D eigenvalue weighted by Gasteiger charge is 2.21. The van der Waals surface area contributed by atoms with Gasteiger partial charge in [0, 0.05) is 36.0 Å². The van der Waals surface area contributed by atoms with Gasteiger partial charge in [-0.2, -0.15) is 5.10 Å². The zero-order valence-corrected chi connectivity index (χ0v) is 16.7. The summed E-state index contributed by atoms with van der Waals surface area (Å²) in [5.74, 6) is 1.54. The highest BCUT2D eigenvalue weighted by molar-refractivity contribution is 5.99. The minimum Gasteiger partial charge on any atom is -0.496 e. The Kier molecular flexibility index (Phi) is 4.44. The van der Waals surface area contributed by atoms with Crippen LogP contribution in [0.25, 0.3) is 33.3 Å². The fourth-order valence-electron chi connectivity index (χ4n) is 3.53. The van der Waals surface area contributed by atoms with E-state index in [1.165, 1.54) is 0 Å². The number of aromatic nitrogens is 5. The molecule has 4 heterocycles. The monoisotopic (exact) mass is 403 g/mol. The second-order valence-electron chi connectivity index (χ2n) is 7.18. The smallest absolute Gasteiger partial charge is 0.221 e. The van der Waals surface area contributed by atoms with Crippen molar-refractivity contribution < 1.29 is 9.47 Å². The van der Waals surface area contributed by atoms with Crippen LogP contribution in [0.5, 0.6) is 5.75 Å². The number of rotatable bonds is 5. The molecule has 1 aliphatic heterocycles. The van der Waals surface area contributed by atoms with E-state index in [0.717, 1.165) is 22.1 Å². The fraction of sp³-hybridized carbons (Fsp3) is 0.238. The Bertz CT molecular complexity index is 1230. The van der Waals surface area contributed by atoms with Gasteiger partial charge >= 0.3 is 0 Å². The third-order valence-electron chi connectivity index (χ3n) is 5.11. The molecule has 1 aliphatic rings. The Morgan fingerprint density at radius 1 is 1.20 bits per heavy atom. The van der Waals surface area contributed by atoms with Crippen molar-refractivity contribution in [3.8, 4) is 28.1 Å². The Morgan fingerprint density at radius 2 is 2.07 bits per heavy atom. The summed E-state index contributed by atoms with van der Waals surface area (Å²) < 4.78 is 12.7. The molecule has 1 fully saturated rings. The lowest BCUT2D eigenvalue weighted by Crippen LogP contribution is -2.40. The Labute approximate surface area is 172 Å². The summed E-state index contributed by atoms with van der Waals surface area (Å²) >= 11 is 0. The molecule has 152 valence electrons. The van der Waals surface area contributed by atoms with Gasteiger partial charge in [-0.3, -0.25) is 4.68 Å². The van der Waals surface area contributed by atoms with Crippen molar-refractivity contribution in [1.82, 2.24) is 24.7 Å². The van der Waals surface area contributed by atoms with Crippen molar-refractivity contribution in [1.29, 1.82) is 0 Å². The average molecular weight is 403 g/mol. The molecule has 0 amide bonds. The molecule has 0 radical (unpaired) electrons. The minimum absolute atomic E-state index is 0.178. The first-order chi connectivity index (χ1) is 14.6. The van der Waals surface area contributed by atoms with Gasteiger partial charge in [0.15, 0.2) is 5.82 Å². The van der Waals surface area contributed by atoms with Gasteiger partial charge in [-0.15, -0.1) is 0 Å². The first-order valence-corrected chi connectivity index (χ1v) is 9.56. The number of fused-ring (bicyclic) bond motifs is 1. The number of methoxy groups -OCH3 is 1. The largest absolute Gasteiger partial charge is 0.496 e. The topological polar surface area (TPSA) is 113 Å². The van der Waals surface area contributed by atoms with E-state index in [1.54, 1.807) is 18.0 Å². The number of hydrogen-bond acceptors (Lipinski definition) is 8. The highest BCUT2D eigenvalue weighted by Crippen LogP contribution is 2.37. The molecule has 0 spiro atoms. The lowest BCUT2D eigenvalue weighted by Gasteiger charge is -2.27. The number of hydrogen-bond donors (Lipinski definition) is 2. The second kappa shape index (κ2) is 7.27. The molecule has 1 saturated heterocycles. The van der Waals surface area contributed by atoms with Crippen LogP contribution in [0.2, 0.25) is 0 Å². The molecular weight excluding hydrogens is 382 g/mol. The molecule has 5 rings (SSSR count). The maximum absolute atomic E-state index is 6.07. The highest BCUT2D eigenvalue weighted by atomic mass is 16.5. The van der Waals surface area contributed by atoms with E-state index in [0.29, 0.717) is 36.0 Å². The molecule has 4 aromatic rings. The molecule has 0 aliphatic carbocycles. The summed E-state index contributed by atoms with van der Waals surface area (Å²) in [4.78, 5) is 13.4. The van der Waals surface area contributed by atoms with Crippen LogP contribution in [0.15, 0.2) is 42.9 Å². The maximum atomic E-state index is 6.07. The lowest BCUT2D eigenvalue weighted by molar-refractivity contribution is 0.0210. The number of nitrogen functional groups attached to an aromatic ring is 1. The van der Waals surface area contributed by atoms with E-state index in [2.05, 4.69) is 25.4 Å². The van der Waals surface area contributed by atoms with Crippen LogP contribution >= 0.6 is 0 Å². The summed E-state index contributed by atoms with van der Waals surface area (Å²) in [5, 5.41) is 8.45. The van der Waals surface area contributed by atoms with Gasteiger partial charge in [-0.05, 0) is 23.8 Å². The Balaban J connectivity index is 1.64. The van der Waals surface area contributed by atoms with E-state index >= 15 is 0 Å². The summed E-state index contributed by atoms with van der Waals surface area (Å²) in [6, 6.07) is 8.08. The number of anilines is 2. The van der Waals surface area contributed by atoms with Crippen molar-refractivity contribution in [2.24, 2.45) is 7.05 Å². The van der Waals surface area contributed by atoms with Gasteiger partial charge in [0.25, 0.3) is 0 Å². The summed E-state index contributed by atoms with van der Waals surface area (Å²) in [6.07, 6.45) is 5.52. The van der Waals surface area contributed by atoms with Gasteiger partial charge < -0.3 is 20.5 Å². The Morgan fingerprint density at radius 3 is 2.77 bits per heavy atom. The number of nitrogens with two attached hydrogens (primary N) is 1. The van der Waals surface area contributed by atoms with Gasteiger partial charge in [0.1, 0.15) is 11.3 Å². The summed E-state index contributed by atoms with van der Waals surface area (Å²) in [7, 11) is 3.53. The summed E-state index contributed by atoms with van der Waals surface area (Å²) in [6.45, 7) is 1.30. The van der Waals surface area contributed by atoms with Gasteiger partial charge in [0.05, 0.1) is 38.3 Å². The molecule has 0 atom stereocenters. The van der Waals surface area contributed by atoms with Gasteiger partial charge in [0.2, 0.25) is 5.95 Å². The molecule has 9 heteroatoms. The van der Waals surface area contributed by atoms with E-state index in [1.807, 2.05) is 43.7 Å². The van der Waals surface area contributed by atoms with Crippen molar-refractivity contribution >= 4 is 22.7 Å². The zero-order valence-electron chi connectivity index (χ0n) is 16.7. The number of benzene rings is 1. The molecule has 0 saturated carbocycles. The first-order valence-electron chi connectivity index (χ1n) is 9.56. The number of ether oxygens (including phenoxy) is 2. The molecule has 0 unspecified atom stereocenters. The van der Waals surface area contributed by atoms with Crippen molar-refractivity contribution in [3.05, 3.63) is 42.9 Å². The van der Waals surface area contributed by atoms with Crippen LogP contribution in [0.1, 0.15) is 0 Å². The molecule has 0 bridgehead atoms. The van der Waals surface area contributed by atoms with Gasteiger partial charge in [-0.25, -0.2) is 15.0 Å². The predicted octanol–water partition coefficient (Wildman–Crippen LogP) is 2.49. The van der Waals surface area contributed by atoms with E-state index in [4.69, 9.17) is 15.2 Å². The number of pyridine rings is 1. The average Bonchev–Trinajstić information content (AvgIpc) is 3.16. The van der Waals surface area contributed by atoms with Crippen molar-refractivity contribution in [2.75, 3.05) is 31.4 Å². The lowest BCUT2D eigenvalue weighted by atomic mass is 10.0. The van der Waals surface area contributed by atoms with E-state index < -0.39 is 0 Å². The third-order valence-corrected chi connectivity index (χ3v) is 5.11. The number of nitrogens with zero attached hydrogens (tertiary/aromatic N) is 5. The standard InChI is InChI=1S/C21H21N7O2/c1-28-9-13(8-24-28)12-3-4-15(17(7-12)29-2)18-16-5-6-23-20(25-14-10-30-11-14)19(16)27-21(22)26-18/h3-9,14H,10-11H2,1-2H3,(H,23,25)(H2,22,26,27). The third kappa shape index (κ3) is 3.18. The molecule has 3 aromatic heterocycles. The van der Waals surface area contributed by atoms with E-state index in [9.17, 15) is 0 Å². The molecular formula is C21H21N7O2. The maximum Gasteiger partial charge on any atom is 0.221 e. The number of aryl methyl sites for hydroxylation is 1. The van der Waals surface area contributed by atoms with Crippen LogP contribution in [0.3, 0.4) is 0 Å². The van der Waals surface area contributed by atoms with Crippen molar-refractivity contribution in [2.45, 2.75) is 6.04 Å². The molecule has 1 aromatic carbocycles. The van der Waals surface area contributed by atoms with Crippen molar-refractivity contribution in [3.63, 3.8) is 0 Å². The number of nitrogens with one attached hydrogen (secondary N) is 1. The van der Waals surface area contributed by atoms with Gasteiger partial charge in [-0.1, -0.05) is 6.07 Å². The zero-order chi connectivity index (χ0) is 20.7. The van der Waals surface area contributed by atoms with Crippen LogP contribution < -0.4 is 15.8 Å².